The van der Waals surface area contributed by atoms with Crippen LogP contribution in [0.4, 0.5) is 17.6 Å². The van der Waals surface area contributed by atoms with Gasteiger partial charge in [0.15, 0.2) is 0 Å². The molecule has 4 aliphatic rings. The molecule has 4 bridgehead atoms. The monoisotopic (exact) mass is 463 g/mol. The highest BCUT2D eigenvalue weighted by Gasteiger charge is 2.59. The van der Waals surface area contributed by atoms with Crippen LogP contribution in [0.3, 0.4) is 0 Å². The Morgan fingerprint density at radius 3 is 2.06 bits per heavy atom. The van der Waals surface area contributed by atoms with E-state index in [0.717, 1.165) is 37.7 Å². The number of carbonyl (C=O) groups is 2. The molecule has 174 valence electrons. The molecule has 4 aliphatic carbocycles. The molecule has 0 aromatic carbocycles. The van der Waals surface area contributed by atoms with Gasteiger partial charge in [0.1, 0.15) is 17.2 Å². The predicted octanol–water partition coefficient (Wildman–Crippen LogP) is 3.28. The van der Waals surface area contributed by atoms with Crippen molar-refractivity contribution >= 4 is 11.8 Å². The summed E-state index contributed by atoms with van der Waals surface area (Å²) in [7, 11) is 0. The van der Waals surface area contributed by atoms with E-state index in [1.54, 1.807) is 0 Å². The van der Waals surface area contributed by atoms with E-state index in [0.29, 0.717) is 19.3 Å². The zero-order valence-electron chi connectivity index (χ0n) is 17.5. The highest BCUT2D eigenvalue weighted by molar-refractivity contribution is 5.93. The summed E-state index contributed by atoms with van der Waals surface area (Å²) >= 11 is 0. The molecule has 0 spiro atoms. The molecule has 2 atom stereocenters. The third kappa shape index (κ3) is 4.16. The van der Waals surface area contributed by atoms with Gasteiger partial charge in [0.05, 0.1) is 6.20 Å². The van der Waals surface area contributed by atoms with Gasteiger partial charge in [-0.1, -0.05) is 0 Å². The van der Waals surface area contributed by atoms with E-state index in [-0.39, 0.29) is 23.2 Å². The topological polar surface area (TPSA) is 96.9 Å². The van der Waals surface area contributed by atoms with Gasteiger partial charge in [-0.15, -0.1) is 0 Å². The highest BCUT2D eigenvalue weighted by atomic mass is 19.4. The number of amides is 2. The molecule has 0 aliphatic heterocycles. The molecule has 2 N–H and O–H groups in total. The van der Waals surface area contributed by atoms with Crippen LogP contribution in [0.2, 0.25) is 0 Å². The maximum Gasteiger partial charge on any atom is 0.451 e. The van der Waals surface area contributed by atoms with E-state index in [1.807, 2.05) is 0 Å². The summed E-state index contributed by atoms with van der Waals surface area (Å²) in [6.07, 6.45) is 1.48. The second-order valence-electron chi connectivity index (χ2n) is 9.55. The lowest BCUT2D eigenvalue weighted by Crippen LogP contribution is -2.70. The second kappa shape index (κ2) is 7.46. The molecule has 0 radical (unpaired) electrons. The lowest BCUT2D eigenvalue weighted by molar-refractivity contribution is -0.145. The fourth-order valence-electron chi connectivity index (χ4n) is 6.30. The molecule has 2 amide bonds. The Labute approximate surface area is 186 Å². The number of aromatic nitrogens is 3. The molecule has 2 aromatic rings. The highest BCUT2D eigenvalue weighted by Crippen LogP contribution is 2.57. The Kier molecular flexibility index (Phi) is 4.91. The first-order chi connectivity index (χ1) is 15.5. The summed E-state index contributed by atoms with van der Waals surface area (Å²) in [5.41, 5.74) is -1.45. The van der Waals surface area contributed by atoms with Crippen LogP contribution in [0.5, 0.6) is 0 Å². The Morgan fingerprint density at radius 2 is 1.52 bits per heavy atom. The maximum atomic E-state index is 13.2. The lowest BCUT2D eigenvalue weighted by Gasteiger charge is -2.62. The number of hydrogen-bond donors (Lipinski definition) is 2. The molecule has 33 heavy (non-hydrogen) atoms. The Hall–Kier alpha value is -3.11. The van der Waals surface area contributed by atoms with E-state index in [1.165, 1.54) is 12.1 Å². The second-order valence-corrected chi connectivity index (χ2v) is 9.55. The molecule has 6 rings (SSSR count). The van der Waals surface area contributed by atoms with Crippen LogP contribution in [-0.4, -0.2) is 37.8 Å². The minimum atomic E-state index is -4.75. The number of pyridine rings is 1. The molecule has 7 nitrogen and oxygen atoms in total. The van der Waals surface area contributed by atoms with E-state index in [9.17, 15) is 27.2 Å². The van der Waals surface area contributed by atoms with Crippen molar-refractivity contribution < 1.29 is 27.2 Å². The summed E-state index contributed by atoms with van der Waals surface area (Å²) in [5.74, 6) is -2.47. The van der Waals surface area contributed by atoms with Crippen LogP contribution in [0.1, 0.15) is 65.3 Å². The van der Waals surface area contributed by atoms with Crippen molar-refractivity contribution in [3.63, 3.8) is 0 Å². The molecular weight excluding hydrogens is 442 g/mol. The van der Waals surface area contributed by atoms with Gasteiger partial charge in [-0.05, 0) is 68.6 Å². The van der Waals surface area contributed by atoms with Gasteiger partial charge >= 0.3 is 6.18 Å². The van der Waals surface area contributed by atoms with Gasteiger partial charge in [0.25, 0.3) is 11.8 Å². The summed E-state index contributed by atoms with van der Waals surface area (Å²) in [6, 6.07) is 3.64. The third-order valence-electron chi connectivity index (χ3n) is 6.92. The van der Waals surface area contributed by atoms with Gasteiger partial charge in [0, 0.05) is 17.3 Å². The van der Waals surface area contributed by atoms with Crippen LogP contribution in [0.25, 0.3) is 0 Å². The molecule has 4 fully saturated rings. The number of carbonyl (C=O) groups excluding carboxylic acids is 2. The zero-order valence-corrected chi connectivity index (χ0v) is 17.5. The average molecular weight is 463 g/mol. The molecule has 4 saturated carbocycles. The van der Waals surface area contributed by atoms with Gasteiger partial charge < -0.3 is 10.6 Å². The summed E-state index contributed by atoms with van der Waals surface area (Å²) in [6.45, 7) is 0. The number of hydrogen-bond acceptors (Lipinski definition) is 5. The van der Waals surface area contributed by atoms with Crippen LogP contribution in [-0.2, 0) is 6.18 Å². The van der Waals surface area contributed by atoms with Crippen LogP contribution < -0.4 is 10.6 Å². The molecule has 2 unspecified atom stereocenters. The molecule has 11 heteroatoms. The minimum Gasteiger partial charge on any atom is -0.345 e. The number of nitrogens with zero attached hydrogens (tertiary/aromatic N) is 3. The van der Waals surface area contributed by atoms with Crippen molar-refractivity contribution in [2.24, 2.45) is 11.8 Å². The number of alkyl halides is 3. The number of nitrogens with one attached hydrogen (secondary N) is 2. The normalized spacial score (nSPS) is 30.2. The van der Waals surface area contributed by atoms with Crippen LogP contribution in [0.15, 0.2) is 30.6 Å². The van der Waals surface area contributed by atoms with Crippen LogP contribution >= 0.6 is 0 Å². The predicted molar refractivity (Wildman–Crippen MR) is 106 cm³/mol. The average Bonchev–Trinajstić information content (AvgIpc) is 2.72. The molecular formula is C22H21F4N5O2. The van der Waals surface area contributed by atoms with E-state index in [2.05, 4.69) is 25.6 Å². The van der Waals surface area contributed by atoms with Gasteiger partial charge in [0.2, 0.25) is 5.82 Å². The SMILES string of the molecule is O=C(NC12CC3CC(C1)CC(NC(=O)c1ccnc(C(F)(F)F)n1)(C3)C2)c1ccc(F)cn1. The first-order valence-electron chi connectivity index (χ1n) is 10.7. The molecule has 2 aromatic heterocycles. The van der Waals surface area contributed by atoms with Gasteiger partial charge in [-0.25, -0.2) is 19.3 Å². The molecule has 2 heterocycles. The van der Waals surface area contributed by atoms with Gasteiger partial charge in [-0.3, -0.25) is 9.59 Å². The Balaban J connectivity index is 1.36. The Bertz CT molecular complexity index is 1090. The molecule has 0 saturated heterocycles. The van der Waals surface area contributed by atoms with E-state index >= 15 is 0 Å². The van der Waals surface area contributed by atoms with Crippen LogP contribution in [0, 0.1) is 17.7 Å². The maximum absolute atomic E-state index is 13.2. The smallest absolute Gasteiger partial charge is 0.345 e. The minimum absolute atomic E-state index is 0.103. The third-order valence-corrected chi connectivity index (χ3v) is 6.92. The fourth-order valence-corrected chi connectivity index (χ4v) is 6.30. The van der Waals surface area contributed by atoms with E-state index in [4.69, 9.17) is 0 Å². The first-order valence-corrected chi connectivity index (χ1v) is 10.7. The van der Waals surface area contributed by atoms with E-state index < -0.39 is 40.7 Å². The van der Waals surface area contributed by atoms with Crippen molar-refractivity contribution in [3.8, 4) is 0 Å². The number of halogens is 4. The zero-order chi connectivity index (χ0) is 23.4. The Morgan fingerprint density at radius 1 is 0.909 bits per heavy atom. The van der Waals surface area contributed by atoms with Crippen molar-refractivity contribution in [1.29, 1.82) is 0 Å². The van der Waals surface area contributed by atoms with Crippen molar-refractivity contribution in [1.82, 2.24) is 25.6 Å². The summed E-state index contributed by atoms with van der Waals surface area (Å²) in [5, 5.41) is 6.03. The standard InChI is InChI=1S/C22H21F4N5O2/c23-14-1-2-15(28-10-14)17(32)30-20-6-12-5-13(7-20)9-21(8-12,11-20)31-18(33)16-3-4-27-19(29-16)22(24,25)26/h1-4,10,12-13H,5-9,11H2,(H,30,32)(H,31,33). The fraction of sp³-hybridized carbons (Fsp3) is 0.500. The quantitative estimate of drug-likeness (QED) is 0.679. The number of rotatable bonds is 4. The van der Waals surface area contributed by atoms with Crippen molar-refractivity contribution in [3.05, 3.63) is 53.6 Å². The van der Waals surface area contributed by atoms with Crippen molar-refractivity contribution in [2.45, 2.75) is 55.8 Å². The summed E-state index contributed by atoms with van der Waals surface area (Å²) in [4.78, 5) is 36.1. The lowest BCUT2D eigenvalue weighted by atomic mass is 9.49. The summed E-state index contributed by atoms with van der Waals surface area (Å²) < 4.78 is 52.0. The van der Waals surface area contributed by atoms with Crippen molar-refractivity contribution in [2.75, 3.05) is 0 Å². The van der Waals surface area contributed by atoms with Gasteiger partial charge in [-0.2, -0.15) is 13.2 Å². The first kappa shape index (κ1) is 21.7. The largest absolute Gasteiger partial charge is 0.451 e.